The Hall–Kier alpha value is -0.0800. The van der Waals surface area contributed by atoms with Crippen molar-refractivity contribution in [2.24, 2.45) is 0 Å². The van der Waals surface area contributed by atoms with Crippen LogP contribution in [0.3, 0.4) is 0 Å². The molecule has 0 saturated carbocycles. The average Bonchev–Trinajstić information content (AvgIpc) is 2.15. The molecule has 2 heteroatoms. The van der Waals surface area contributed by atoms with Gasteiger partial charge in [0.15, 0.2) is 0 Å². The predicted octanol–water partition coefficient (Wildman–Crippen LogP) is 0.889. The summed E-state index contributed by atoms with van der Waals surface area (Å²) in [4.78, 5) is 1.93. The Bertz CT molecular complexity index is 77.0. The second kappa shape index (κ2) is 3.18. The standard InChI is InChI=1S/C7H14NO/c1-8(2)6-7-4-3-5-9-7/h7H,1,3-6H2,2H3/q-1. The van der Waals surface area contributed by atoms with Crippen molar-refractivity contribution < 1.29 is 4.74 Å². The third-order valence-corrected chi connectivity index (χ3v) is 1.54. The quantitative estimate of drug-likeness (QED) is 0.512. The molecule has 0 aromatic rings. The van der Waals surface area contributed by atoms with E-state index < -0.39 is 0 Å². The van der Waals surface area contributed by atoms with E-state index in [1.54, 1.807) is 0 Å². The van der Waals surface area contributed by atoms with Gasteiger partial charge >= 0.3 is 0 Å². The normalized spacial score (nSPS) is 27.7. The van der Waals surface area contributed by atoms with Crippen molar-refractivity contribution in [3.8, 4) is 0 Å². The topological polar surface area (TPSA) is 12.5 Å². The van der Waals surface area contributed by atoms with Gasteiger partial charge in [0.05, 0.1) is 6.10 Å². The lowest BCUT2D eigenvalue weighted by Gasteiger charge is -2.21. The molecule has 1 saturated heterocycles. The van der Waals surface area contributed by atoms with E-state index in [4.69, 9.17) is 4.74 Å². The first kappa shape index (κ1) is 7.03. The summed E-state index contributed by atoms with van der Waals surface area (Å²) in [6.07, 6.45) is 2.88. The van der Waals surface area contributed by atoms with Gasteiger partial charge in [0.2, 0.25) is 0 Å². The van der Waals surface area contributed by atoms with E-state index in [0.29, 0.717) is 6.10 Å². The third-order valence-electron chi connectivity index (χ3n) is 1.54. The van der Waals surface area contributed by atoms with Gasteiger partial charge in [-0.15, -0.1) is 0 Å². The fraction of sp³-hybridized carbons (Fsp3) is 0.857. The van der Waals surface area contributed by atoms with Gasteiger partial charge in [-0.05, 0) is 26.4 Å². The zero-order valence-electron chi connectivity index (χ0n) is 5.97. The van der Waals surface area contributed by atoms with Crippen LogP contribution in [0.15, 0.2) is 0 Å². The fourth-order valence-electron chi connectivity index (χ4n) is 1.14. The lowest BCUT2D eigenvalue weighted by molar-refractivity contribution is 0.0915. The molecule has 0 amide bonds. The van der Waals surface area contributed by atoms with Gasteiger partial charge in [0.1, 0.15) is 0 Å². The van der Waals surface area contributed by atoms with Crippen molar-refractivity contribution in [1.82, 2.24) is 4.90 Å². The molecule has 0 spiro atoms. The van der Waals surface area contributed by atoms with Crippen LogP contribution in [0.2, 0.25) is 0 Å². The minimum atomic E-state index is 0.451. The van der Waals surface area contributed by atoms with E-state index in [0.717, 1.165) is 13.2 Å². The zero-order valence-corrected chi connectivity index (χ0v) is 5.97. The van der Waals surface area contributed by atoms with E-state index in [1.165, 1.54) is 12.8 Å². The van der Waals surface area contributed by atoms with E-state index in [-0.39, 0.29) is 0 Å². The molecule has 9 heavy (non-hydrogen) atoms. The van der Waals surface area contributed by atoms with Crippen LogP contribution < -0.4 is 0 Å². The zero-order chi connectivity index (χ0) is 6.69. The van der Waals surface area contributed by atoms with Gasteiger partial charge in [0.25, 0.3) is 0 Å². The second-order valence-electron chi connectivity index (χ2n) is 2.67. The molecule has 2 nitrogen and oxygen atoms in total. The highest BCUT2D eigenvalue weighted by Crippen LogP contribution is 2.11. The van der Waals surface area contributed by atoms with Crippen molar-refractivity contribution in [3.05, 3.63) is 7.05 Å². The van der Waals surface area contributed by atoms with Crippen LogP contribution in [0.5, 0.6) is 0 Å². The molecular weight excluding hydrogens is 114 g/mol. The Morgan fingerprint density at radius 2 is 2.56 bits per heavy atom. The molecule has 1 aliphatic rings. The summed E-state index contributed by atoms with van der Waals surface area (Å²) in [5.74, 6) is 0. The Kier molecular flexibility index (Phi) is 2.49. The number of hydrogen-bond donors (Lipinski definition) is 0. The van der Waals surface area contributed by atoms with Gasteiger partial charge in [-0.25, -0.2) is 0 Å². The summed E-state index contributed by atoms with van der Waals surface area (Å²) in [6, 6.07) is 0. The largest absolute Gasteiger partial charge is 0.460 e. The molecule has 1 aliphatic heterocycles. The molecule has 0 aromatic heterocycles. The van der Waals surface area contributed by atoms with Gasteiger partial charge in [0, 0.05) is 6.61 Å². The van der Waals surface area contributed by atoms with Crippen LogP contribution in [0, 0.1) is 7.05 Å². The second-order valence-corrected chi connectivity index (χ2v) is 2.67. The molecule has 0 N–H and O–H groups in total. The molecular formula is C7H14NO-. The summed E-state index contributed by atoms with van der Waals surface area (Å²) < 4.78 is 5.38. The number of hydrogen-bond acceptors (Lipinski definition) is 2. The van der Waals surface area contributed by atoms with Gasteiger partial charge in [-0.2, -0.15) is 0 Å². The van der Waals surface area contributed by atoms with Crippen molar-refractivity contribution in [3.63, 3.8) is 0 Å². The molecule has 1 atom stereocenters. The third kappa shape index (κ3) is 2.33. The number of nitrogens with zero attached hydrogens (tertiary/aromatic N) is 1. The molecule has 1 rings (SSSR count). The van der Waals surface area contributed by atoms with E-state index in [9.17, 15) is 0 Å². The molecule has 0 bridgehead atoms. The lowest BCUT2D eigenvalue weighted by atomic mass is 10.2. The summed E-state index contributed by atoms with van der Waals surface area (Å²) in [5, 5.41) is 0. The van der Waals surface area contributed by atoms with Crippen LogP contribution in [0.4, 0.5) is 0 Å². The van der Waals surface area contributed by atoms with Gasteiger partial charge in [-0.1, -0.05) is 0 Å². The minimum absolute atomic E-state index is 0.451. The predicted molar refractivity (Wildman–Crippen MR) is 37.0 cm³/mol. The van der Waals surface area contributed by atoms with Gasteiger partial charge < -0.3 is 9.64 Å². The highest BCUT2D eigenvalue weighted by Gasteiger charge is 2.13. The van der Waals surface area contributed by atoms with E-state index >= 15 is 0 Å². The maximum absolute atomic E-state index is 5.38. The smallest absolute Gasteiger partial charge is 0.0678 e. The maximum Gasteiger partial charge on any atom is 0.0678 e. The molecule has 1 heterocycles. The minimum Gasteiger partial charge on any atom is -0.460 e. The van der Waals surface area contributed by atoms with Crippen LogP contribution in [0.25, 0.3) is 0 Å². The number of ether oxygens (including phenoxy) is 1. The summed E-state index contributed by atoms with van der Waals surface area (Å²) in [6.45, 7) is 1.92. The highest BCUT2D eigenvalue weighted by molar-refractivity contribution is 4.67. The van der Waals surface area contributed by atoms with Gasteiger partial charge in [-0.3, -0.25) is 7.05 Å². The molecule has 1 unspecified atom stereocenters. The SMILES string of the molecule is [CH2-]N(C)CC1CCCO1. The van der Waals surface area contributed by atoms with E-state index in [2.05, 4.69) is 7.05 Å². The Morgan fingerprint density at radius 3 is 3.00 bits per heavy atom. The number of rotatable bonds is 2. The Balaban J connectivity index is 2.11. The highest BCUT2D eigenvalue weighted by atomic mass is 16.5. The summed E-state index contributed by atoms with van der Waals surface area (Å²) in [7, 11) is 5.73. The van der Waals surface area contributed by atoms with Crippen molar-refractivity contribution in [1.29, 1.82) is 0 Å². The molecule has 1 fully saturated rings. The summed E-state index contributed by atoms with van der Waals surface area (Å²) in [5.41, 5.74) is 0. The molecule has 54 valence electrons. The average molecular weight is 128 g/mol. The number of likely N-dealkylation sites (N-methyl/N-ethyl adjacent to an activating group) is 1. The van der Waals surface area contributed by atoms with Crippen molar-refractivity contribution in [2.45, 2.75) is 18.9 Å². The molecule has 0 aliphatic carbocycles. The first-order chi connectivity index (χ1) is 4.29. The van der Waals surface area contributed by atoms with Crippen LogP contribution in [0.1, 0.15) is 12.8 Å². The van der Waals surface area contributed by atoms with Crippen molar-refractivity contribution >= 4 is 0 Å². The first-order valence-electron chi connectivity index (χ1n) is 3.42. The Labute approximate surface area is 56.8 Å². The van der Waals surface area contributed by atoms with Crippen LogP contribution >= 0.6 is 0 Å². The first-order valence-corrected chi connectivity index (χ1v) is 3.42. The summed E-state index contributed by atoms with van der Waals surface area (Å²) >= 11 is 0. The maximum atomic E-state index is 5.38. The van der Waals surface area contributed by atoms with E-state index in [1.807, 2.05) is 11.9 Å². The molecule has 0 aromatic carbocycles. The molecule has 0 radical (unpaired) electrons. The lowest BCUT2D eigenvalue weighted by Crippen LogP contribution is -2.23. The van der Waals surface area contributed by atoms with Crippen LogP contribution in [-0.4, -0.2) is 31.2 Å². The van der Waals surface area contributed by atoms with Crippen LogP contribution in [-0.2, 0) is 4.74 Å². The fourth-order valence-corrected chi connectivity index (χ4v) is 1.14. The monoisotopic (exact) mass is 128 g/mol. The van der Waals surface area contributed by atoms with Crippen molar-refractivity contribution in [2.75, 3.05) is 20.2 Å². The Morgan fingerprint density at radius 1 is 1.78 bits per heavy atom.